The van der Waals surface area contributed by atoms with Gasteiger partial charge in [0.1, 0.15) is 0 Å². The maximum Gasteiger partial charge on any atom is 0.250 e. The molecule has 6 heteroatoms. The molecule has 120 valence electrons. The topological polar surface area (TPSA) is 37.3 Å². The molecule has 2 atom stereocenters. The summed E-state index contributed by atoms with van der Waals surface area (Å²) in [6, 6.07) is 9.81. The van der Waals surface area contributed by atoms with Crippen molar-refractivity contribution in [2.45, 2.75) is 25.4 Å². The highest BCUT2D eigenvalue weighted by molar-refractivity contribution is 7.80. The fraction of sp³-hybridized carbons (Fsp3) is 0.412. The SMILES string of the molecule is O=c1cccc2n1C[C@H]1C[C@@H]2CN(C(=S)NCc2cccs2)C1. The van der Waals surface area contributed by atoms with Gasteiger partial charge in [-0.3, -0.25) is 4.79 Å². The Morgan fingerprint density at radius 3 is 3.00 bits per heavy atom. The molecule has 2 bridgehead atoms. The molecular formula is C17H19N3OS2. The van der Waals surface area contributed by atoms with E-state index >= 15 is 0 Å². The van der Waals surface area contributed by atoms with Crippen molar-refractivity contribution >= 4 is 28.7 Å². The van der Waals surface area contributed by atoms with Crippen molar-refractivity contribution in [3.8, 4) is 0 Å². The van der Waals surface area contributed by atoms with Crippen molar-refractivity contribution in [3.63, 3.8) is 0 Å². The highest BCUT2D eigenvalue weighted by atomic mass is 32.1. The minimum atomic E-state index is 0.129. The van der Waals surface area contributed by atoms with Crippen LogP contribution in [0.1, 0.15) is 22.9 Å². The third-order valence-corrected chi connectivity index (χ3v) is 6.04. The fourth-order valence-corrected chi connectivity index (χ4v) is 4.62. The van der Waals surface area contributed by atoms with Crippen LogP contribution < -0.4 is 10.9 Å². The number of fused-ring (bicyclic) bond motifs is 4. The van der Waals surface area contributed by atoms with Crippen LogP contribution in [0.2, 0.25) is 0 Å². The number of pyridine rings is 1. The molecule has 0 aromatic carbocycles. The van der Waals surface area contributed by atoms with Crippen LogP contribution in [0.25, 0.3) is 0 Å². The summed E-state index contributed by atoms with van der Waals surface area (Å²) in [5, 5.41) is 6.30. The summed E-state index contributed by atoms with van der Waals surface area (Å²) in [4.78, 5) is 15.6. The molecule has 23 heavy (non-hydrogen) atoms. The first-order valence-electron chi connectivity index (χ1n) is 7.95. The van der Waals surface area contributed by atoms with E-state index in [1.165, 1.54) is 10.6 Å². The maximum absolute atomic E-state index is 12.1. The minimum Gasteiger partial charge on any atom is -0.358 e. The Hall–Kier alpha value is -1.66. The zero-order valence-corrected chi connectivity index (χ0v) is 14.4. The number of thiocarbonyl (C=S) groups is 1. The van der Waals surface area contributed by atoms with Crippen molar-refractivity contribution in [3.05, 3.63) is 56.6 Å². The molecule has 0 saturated carbocycles. The summed E-state index contributed by atoms with van der Waals surface area (Å²) < 4.78 is 1.96. The zero-order valence-electron chi connectivity index (χ0n) is 12.8. The Balaban J connectivity index is 1.47. The Morgan fingerprint density at radius 1 is 1.26 bits per heavy atom. The highest BCUT2D eigenvalue weighted by Gasteiger charge is 2.35. The van der Waals surface area contributed by atoms with Crippen molar-refractivity contribution in [2.75, 3.05) is 13.1 Å². The molecule has 2 aliphatic rings. The lowest BCUT2D eigenvalue weighted by atomic mass is 9.83. The molecule has 2 aromatic rings. The second-order valence-corrected chi connectivity index (χ2v) is 7.76. The molecule has 2 aromatic heterocycles. The van der Waals surface area contributed by atoms with E-state index in [1.54, 1.807) is 17.4 Å². The number of nitrogens with one attached hydrogen (secondary N) is 1. The molecule has 4 heterocycles. The van der Waals surface area contributed by atoms with Gasteiger partial charge in [-0.25, -0.2) is 0 Å². The average Bonchev–Trinajstić information content (AvgIpc) is 3.07. The second kappa shape index (κ2) is 6.09. The molecule has 0 amide bonds. The maximum atomic E-state index is 12.1. The third kappa shape index (κ3) is 2.93. The molecule has 0 aliphatic carbocycles. The van der Waals surface area contributed by atoms with Crippen LogP contribution in [0.5, 0.6) is 0 Å². The number of rotatable bonds is 2. The van der Waals surface area contributed by atoms with E-state index in [2.05, 4.69) is 33.8 Å². The van der Waals surface area contributed by atoms with E-state index < -0.39 is 0 Å². The molecule has 4 rings (SSSR count). The normalized spacial score (nSPS) is 22.5. The first-order valence-corrected chi connectivity index (χ1v) is 9.24. The van der Waals surface area contributed by atoms with Gasteiger partial charge in [0.25, 0.3) is 5.56 Å². The van der Waals surface area contributed by atoms with E-state index in [9.17, 15) is 4.79 Å². The van der Waals surface area contributed by atoms with Crippen LogP contribution in [0.3, 0.4) is 0 Å². The van der Waals surface area contributed by atoms with Crippen LogP contribution in [0, 0.1) is 5.92 Å². The lowest BCUT2D eigenvalue weighted by Crippen LogP contribution is -2.51. The average molecular weight is 345 g/mol. The molecule has 2 aliphatic heterocycles. The summed E-state index contributed by atoms with van der Waals surface area (Å²) >= 11 is 7.34. The molecule has 4 nitrogen and oxygen atoms in total. The van der Waals surface area contributed by atoms with Gasteiger partial charge in [-0.2, -0.15) is 0 Å². The molecular weight excluding hydrogens is 326 g/mol. The summed E-state index contributed by atoms with van der Waals surface area (Å²) in [7, 11) is 0. The lowest BCUT2D eigenvalue weighted by molar-refractivity contribution is 0.177. The summed E-state index contributed by atoms with van der Waals surface area (Å²) in [6.07, 6.45) is 1.16. The monoisotopic (exact) mass is 345 g/mol. The van der Waals surface area contributed by atoms with E-state index in [0.29, 0.717) is 11.8 Å². The molecule has 1 saturated heterocycles. The molecule has 1 fully saturated rings. The number of hydrogen-bond donors (Lipinski definition) is 1. The van der Waals surface area contributed by atoms with Gasteiger partial charge >= 0.3 is 0 Å². The summed E-state index contributed by atoms with van der Waals surface area (Å²) in [5.74, 6) is 0.903. The number of hydrogen-bond acceptors (Lipinski definition) is 3. The van der Waals surface area contributed by atoms with Crippen molar-refractivity contribution in [1.29, 1.82) is 0 Å². The number of nitrogens with zero attached hydrogens (tertiary/aromatic N) is 2. The van der Waals surface area contributed by atoms with E-state index in [1.807, 2.05) is 10.6 Å². The van der Waals surface area contributed by atoms with Gasteiger partial charge in [0.2, 0.25) is 0 Å². The van der Waals surface area contributed by atoms with Gasteiger partial charge in [0, 0.05) is 42.2 Å². The highest BCUT2D eigenvalue weighted by Crippen LogP contribution is 2.34. The summed E-state index contributed by atoms with van der Waals surface area (Å²) in [6.45, 7) is 3.44. The van der Waals surface area contributed by atoms with Gasteiger partial charge in [0.15, 0.2) is 5.11 Å². The van der Waals surface area contributed by atoms with Gasteiger partial charge in [0.05, 0.1) is 6.54 Å². The molecule has 0 spiro atoms. The number of piperidine rings is 1. The Labute approximate surface area is 144 Å². The predicted molar refractivity (Wildman–Crippen MR) is 96.9 cm³/mol. The van der Waals surface area contributed by atoms with Crippen molar-refractivity contribution in [2.24, 2.45) is 5.92 Å². The van der Waals surface area contributed by atoms with E-state index in [4.69, 9.17) is 12.2 Å². The number of likely N-dealkylation sites (tertiary alicyclic amines) is 1. The number of aromatic nitrogens is 1. The Morgan fingerprint density at radius 2 is 2.17 bits per heavy atom. The molecule has 0 radical (unpaired) electrons. The molecule has 0 unspecified atom stereocenters. The first kappa shape index (κ1) is 14.9. The van der Waals surface area contributed by atoms with Gasteiger partial charge in [-0.05, 0) is 42.1 Å². The second-order valence-electron chi connectivity index (χ2n) is 6.34. The van der Waals surface area contributed by atoms with Gasteiger partial charge in [-0.15, -0.1) is 11.3 Å². The van der Waals surface area contributed by atoms with Crippen LogP contribution in [-0.2, 0) is 13.1 Å². The zero-order chi connectivity index (χ0) is 15.8. The van der Waals surface area contributed by atoms with Crippen LogP contribution in [0.15, 0.2) is 40.5 Å². The molecule has 1 N–H and O–H groups in total. The van der Waals surface area contributed by atoms with Crippen molar-refractivity contribution in [1.82, 2.24) is 14.8 Å². The standard InChI is InChI=1S/C17H19N3OS2/c21-16-5-1-4-15-13-7-12(10-20(15)16)9-19(11-13)17(22)18-8-14-3-2-6-23-14/h1-6,12-13H,7-11H2,(H,18,22)/t12-,13+/m0/s1. The van der Waals surface area contributed by atoms with Crippen LogP contribution >= 0.6 is 23.6 Å². The predicted octanol–water partition coefficient (Wildman–Crippen LogP) is 2.40. The minimum absolute atomic E-state index is 0.129. The van der Waals surface area contributed by atoms with E-state index in [0.717, 1.165) is 37.7 Å². The van der Waals surface area contributed by atoms with E-state index in [-0.39, 0.29) is 5.56 Å². The number of thiophene rings is 1. The van der Waals surface area contributed by atoms with Gasteiger partial charge in [-0.1, -0.05) is 12.1 Å². The quantitative estimate of drug-likeness (QED) is 0.848. The van der Waals surface area contributed by atoms with Crippen LogP contribution in [-0.4, -0.2) is 27.7 Å². The third-order valence-electron chi connectivity index (χ3n) is 4.76. The smallest absolute Gasteiger partial charge is 0.250 e. The van der Waals surface area contributed by atoms with Gasteiger partial charge < -0.3 is 14.8 Å². The first-order chi connectivity index (χ1) is 11.2. The Kier molecular flexibility index (Phi) is 3.95. The largest absolute Gasteiger partial charge is 0.358 e. The lowest BCUT2D eigenvalue weighted by Gasteiger charge is -2.43. The van der Waals surface area contributed by atoms with Crippen molar-refractivity contribution < 1.29 is 0 Å². The fourth-order valence-electron chi connectivity index (χ4n) is 3.75. The van der Waals surface area contributed by atoms with Crippen LogP contribution in [0.4, 0.5) is 0 Å². The summed E-state index contributed by atoms with van der Waals surface area (Å²) in [5.41, 5.74) is 1.29. The Bertz CT molecular complexity index is 768.